The molecule has 1 fully saturated rings. The van der Waals surface area contributed by atoms with Crippen LogP contribution in [0.15, 0.2) is 41.8 Å². The van der Waals surface area contributed by atoms with E-state index < -0.39 is 10.0 Å². The lowest BCUT2D eigenvalue weighted by Crippen LogP contribution is -2.47. The lowest BCUT2D eigenvalue weighted by Gasteiger charge is -2.31. The molecule has 2 aromatic rings. The van der Waals surface area contributed by atoms with E-state index in [-0.39, 0.29) is 4.90 Å². The highest BCUT2D eigenvalue weighted by atomic mass is 32.2. The van der Waals surface area contributed by atoms with Gasteiger partial charge in [0.2, 0.25) is 10.0 Å². The molecule has 1 aliphatic rings. The molecular weight excluding hydrogens is 340 g/mol. The summed E-state index contributed by atoms with van der Waals surface area (Å²) in [5.74, 6) is 0.683. The predicted octanol–water partition coefficient (Wildman–Crippen LogP) is 0.444. The number of likely N-dealkylation sites (N-methyl/N-ethyl adjacent to an activating group) is 1. The standard InChI is InChI=1S/C16H22N6O2S/c1-20-7-9-22(10-8-20)25(23,24)15-3-4-16(19-12-15)21(2)13-14-11-17-5-6-18-14/h3-6,11-12H,7-10,13H2,1-2H3. The van der Waals surface area contributed by atoms with Crippen molar-refractivity contribution in [2.24, 2.45) is 0 Å². The Kier molecular flexibility index (Phi) is 5.26. The van der Waals surface area contributed by atoms with Gasteiger partial charge in [0.1, 0.15) is 10.7 Å². The quantitative estimate of drug-likeness (QED) is 0.763. The lowest BCUT2D eigenvalue weighted by molar-refractivity contribution is 0.222. The maximum Gasteiger partial charge on any atom is 0.244 e. The van der Waals surface area contributed by atoms with Crippen molar-refractivity contribution in [3.05, 3.63) is 42.6 Å². The van der Waals surface area contributed by atoms with Crippen molar-refractivity contribution in [2.45, 2.75) is 11.4 Å². The zero-order chi connectivity index (χ0) is 17.9. The molecule has 8 nitrogen and oxygen atoms in total. The van der Waals surface area contributed by atoms with Crippen molar-refractivity contribution < 1.29 is 8.42 Å². The van der Waals surface area contributed by atoms with Gasteiger partial charge in [0, 0.05) is 51.8 Å². The fourth-order valence-corrected chi connectivity index (χ4v) is 4.03. The fourth-order valence-electron chi connectivity index (χ4n) is 2.66. The molecule has 0 aromatic carbocycles. The minimum absolute atomic E-state index is 0.230. The first-order valence-corrected chi connectivity index (χ1v) is 9.51. The van der Waals surface area contributed by atoms with Crippen LogP contribution in [0.1, 0.15) is 5.69 Å². The van der Waals surface area contributed by atoms with Gasteiger partial charge < -0.3 is 9.80 Å². The van der Waals surface area contributed by atoms with E-state index in [1.54, 1.807) is 30.7 Å². The van der Waals surface area contributed by atoms with Gasteiger partial charge in [0.15, 0.2) is 0 Å². The van der Waals surface area contributed by atoms with Crippen LogP contribution in [0.4, 0.5) is 5.82 Å². The number of sulfonamides is 1. The number of rotatable bonds is 5. The predicted molar refractivity (Wildman–Crippen MR) is 94.6 cm³/mol. The highest BCUT2D eigenvalue weighted by molar-refractivity contribution is 7.89. The second-order valence-corrected chi connectivity index (χ2v) is 8.05. The molecule has 3 heterocycles. The first kappa shape index (κ1) is 17.7. The van der Waals surface area contributed by atoms with Crippen LogP contribution >= 0.6 is 0 Å². The molecule has 25 heavy (non-hydrogen) atoms. The Hall–Kier alpha value is -2.10. The smallest absolute Gasteiger partial charge is 0.244 e. The minimum atomic E-state index is -3.48. The molecule has 0 saturated carbocycles. The van der Waals surface area contributed by atoms with E-state index in [2.05, 4.69) is 19.9 Å². The minimum Gasteiger partial charge on any atom is -0.354 e. The van der Waals surface area contributed by atoms with Crippen molar-refractivity contribution in [1.82, 2.24) is 24.2 Å². The van der Waals surface area contributed by atoms with E-state index >= 15 is 0 Å². The number of hydrogen-bond donors (Lipinski definition) is 0. The van der Waals surface area contributed by atoms with Crippen LogP contribution in [0.2, 0.25) is 0 Å². The zero-order valence-electron chi connectivity index (χ0n) is 14.4. The molecule has 0 N–H and O–H groups in total. The molecule has 0 radical (unpaired) electrons. The van der Waals surface area contributed by atoms with Gasteiger partial charge in [-0.3, -0.25) is 9.97 Å². The number of anilines is 1. The first-order valence-electron chi connectivity index (χ1n) is 8.07. The van der Waals surface area contributed by atoms with Crippen molar-refractivity contribution in [3.8, 4) is 0 Å². The van der Waals surface area contributed by atoms with E-state index in [9.17, 15) is 8.42 Å². The van der Waals surface area contributed by atoms with E-state index in [1.807, 2.05) is 19.0 Å². The number of pyridine rings is 1. The molecule has 0 atom stereocenters. The highest BCUT2D eigenvalue weighted by Gasteiger charge is 2.27. The van der Waals surface area contributed by atoms with Crippen LogP contribution < -0.4 is 4.90 Å². The monoisotopic (exact) mass is 362 g/mol. The number of hydrogen-bond acceptors (Lipinski definition) is 7. The Labute approximate surface area is 148 Å². The first-order chi connectivity index (χ1) is 12.0. The second kappa shape index (κ2) is 7.42. The molecule has 9 heteroatoms. The van der Waals surface area contributed by atoms with Gasteiger partial charge in [-0.25, -0.2) is 13.4 Å². The van der Waals surface area contributed by atoms with E-state index in [4.69, 9.17) is 0 Å². The molecule has 2 aromatic heterocycles. The van der Waals surface area contributed by atoms with Crippen LogP contribution in [0, 0.1) is 0 Å². The van der Waals surface area contributed by atoms with Gasteiger partial charge in [0.25, 0.3) is 0 Å². The molecule has 1 aliphatic heterocycles. The average molecular weight is 362 g/mol. The van der Waals surface area contributed by atoms with Crippen LogP contribution in [0.3, 0.4) is 0 Å². The lowest BCUT2D eigenvalue weighted by atomic mass is 10.4. The molecule has 1 saturated heterocycles. The summed E-state index contributed by atoms with van der Waals surface area (Å²) in [6.45, 7) is 3.04. The van der Waals surface area contributed by atoms with Gasteiger partial charge in [-0.05, 0) is 19.2 Å². The summed E-state index contributed by atoms with van der Waals surface area (Å²) in [5.41, 5.74) is 0.820. The van der Waals surface area contributed by atoms with Crippen LogP contribution in [-0.4, -0.2) is 72.8 Å². The molecule has 0 spiro atoms. The average Bonchev–Trinajstić information content (AvgIpc) is 2.63. The summed E-state index contributed by atoms with van der Waals surface area (Å²) in [4.78, 5) is 16.8. The maximum atomic E-state index is 12.7. The topological polar surface area (TPSA) is 82.5 Å². The van der Waals surface area contributed by atoms with Crippen molar-refractivity contribution in [2.75, 3.05) is 45.2 Å². The van der Waals surface area contributed by atoms with Crippen LogP contribution in [-0.2, 0) is 16.6 Å². The molecule has 0 amide bonds. The zero-order valence-corrected chi connectivity index (χ0v) is 15.2. The Balaban J connectivity index is 1.71. The second-order valence-electron chi connectivity index (χ2n) is 6.11. The molecular formula is C16H22N6O2S. The fraction of sp³-hybridized carbons (Fsp3) is 0.438. The van der Waals surface area contributed by atoms with Gasteiger partial charge in [-0.1, -0.05) is 0 Å². The van der Waals surface area contributed by atoms with E-state index in [0.717, 1.165) is 18.8 Å². The van der Waals surface area contributed by atoms with Crippen LogP contribution in [0.5, 0.6) is 0 Å². The Morgan fingerprint density at radius 2 is 1.84 bits per heavy atom. The van der Waals surface area contributed by atoms with Crippen LogP contribution in [0.25, 0.3) is 0 Å². The van der Waals surface area contributed by atoms with Crippen molar-refractivity contribution >= 4 is 15.8 Å². The SMILES string of the molecule is CN1CCN(S(=O)(=O)c2ccc(N(C)Cc3cnccn3)nc2)CC1. The summed E-state index contributed by atoms with van der Waals surface area (Å²) in [7, 11) is 0.390. The molecule has 0 bridgehead atoms. The third kappa shape index (κ3) is 4.12. The summed E-state index contributed by atoms with van der Waals surface area (Å²) in [6.07, 6.45) is 6.39. The largest absolute Gasteiger partial charge is 0.354 e. The van der Waals surface area contributed by atoms with E-state index in [0.29, 0.717) is 25.5 Å². The number of aromatic nitrogens is 3. The van der Waals surface area contributed by atoms with Gasteiger partial charge in [0.05, 0.1) is 18.4 Å². The van der Waals surface area contributed by atoms with Gasteiger partial charge in [-0.2, -0.15) is 4.31 Å². The summed E-state index contributed by atoms with van der Waals surface area (Å²) < 4.78 is 26.9. The summed E-state index contributed by atoms with van der Waals surface area (Å²) in [5, 5.41) is 0. The Morgan fingerprint density at radius 3 is 2.44 bits per heavy atom. The Morgan fingerprint density at radius 1 is 1.08 bits per heavy atom. The van der Waals surface area contributed by atoms with E-state index in [1.165, 1.54) is 10.5 Å². The van der Waals surface area contributed by atoms with Gasteiger partial charge in [-0.15, -0.1) is 0 Å². The number of piperazine rings is 1. The summed E-state index contributed by atoms with van der Waals surface area (Å²) in [6, 6.07) is 3.34. The van der Waals surface area contributed by atoms with Gasteiger partial charge >= 0.3 is 0 Å². The Bertz CT molecular complexity index is 789. The summed E-state index contributed by atoms with van der Waals surface area (Å²) >= 11 is 0. The molecule has 0 aliphatic carbocycles. The van der Waals surface area contributed by atoms with Crippen molar-refractivity contribution in [1.29, 1.82) is 0 Å². The van der Waals surface area contributed by atoms with Crippen molar-refractivity contribution in [3.63, 3.8) is 0 Å². The molecule has 134 valence electrons. The molecule has 0 unspecified atom stereocenters. The molecule has 3 rings (SSSR count). The number of nitrogens with zero attached hydrogens (tertiary/aromatic N) is 6. The highest BCUT2D eigenvalue weighted by Crippen LogP contribution is 2.19. The third-order valence-corrected chi connectivity index (χ3v) is 6.11. The maximum absolute atomic E-state index is 12.7. The third-order valence-electron chi connectivity index (χ3n) is 4.23. The normalized spacial score (nSPS) is 16.7.